The molecule has 0 radical (unpaired) electrons. The Kier molecular flexibility index (Phi) is 7.49. The minimum absolute atomic E-state index is 0.0828. The van der Waals surface area contributed by atoms with Gasteiger partial charge in [-0.05, 0) is 47.5 Å². The molecule has 0 atom stereocenters. The molecule has 0 fully saturated rings. The molecule has 0 saturated carbocycles. The lowest BCUT2D eigenvalue weighted by Crippen LogP contribution is -2.23. The molecule has 9 nitrogen and oxygen atoms in total. The second kappa shape index (κ2) is 10.9. The molecular formula is C24H17N3O6. The predicted molar refractivity (Wildman–Crippen MR) is 118 cm³/mol. The summed E-state index contributed by atoms with van der Waals surface area (Å²) in [7, 11) is 0. The number of hydrogen-bond donors (Lipinski definition) is 1. The molecule has 0 bridgehead atoms. The average Bonchev–Trinajstić information content (AvgIpc) is 3.34. The van der Waals surface area contributed by atoms with E-state index in [1.54, 1.807) is 30.3 Å². The number of non-ortho nitro benzene ring substituents is 1. The molecule has 164 valence electrons. The first-order chi connectivity index (χ1) is 15.9. The highest BCUT2D eigenvalue weighted by molar-refractivity contribution is 6.01. The molecule has 0 aliphatic rings. The largest absolute Gasteiger partial charge is 0.467 e. The van der Waals surface area contributed by atoms with Gasteiger partial charge in [-0.1, -0.05) is 24.3 Å². The number of nitrogens with zero attached hydrogens (tertiary/aromatic N) is 2. The van der Waals surface area contributed by atoms with Crippen LogP contribution in [0, 0.1) is 21.4 Å². The molecule has 0 unspecified atom stereocenters. The third kappa shape index (κ3) is 6.77. The van der Waals surface area contributed by atoms with E-state index in [0.717, 1.165) is 6.08 Å². The Morgan fingerprint density at radius 2 is 1.91 bits per heavy atom. The highest BCUT2D eigenvalue weighted by Crippen LogP contribution is 2.17. The summed E-state index contributed by atoms with van der Waals surface area (Å²) in [5, 5.41) is 22.7. The number of esters is 1. The Balaban J connectivity index is 1.59. The number of nitro groups is 1. The van der Waals surface area contributed by atoms with Crippen LogP contribution >= 0.6 is 0 Å². The zero-order chi connectivity index (χ0) is 23.6. The molecule has 0 saturated heterocycles. The van der Waals surface area contributed by atoms with Crippen LogP contribution in [0.4, 0.5) is 5.69 Å². The lowest BCUT2D eigenvalue weighted by Gasteiger charge is -2.04. The van der Waals surface area contributed by atoms with Crippen molar-refractivity contribution in [3.05, 3.63) is 106 Å². The molecule has 33 heavy (non-hydrogen) atoms. The zero-order valence-corrected chi connectivity index (χ0v) is 17.1. The molecule has 9 heteroatoms. The average molecular weight is 443 g/mol. The molecule has 1 amide bonds. The van der Waals surface area contributed by atoms with Crippen molar-refractivity contribution in [3.63, 3.8) is 0 Å². The topological polar surface area (TPSA) is 135 Å². The maximum Gasteiger partial charge on any atom is 0.336 e. The van der Waals surface area contributed by atoms with Gasteiger partial charge in [0, 0.05) is 18.2 Å². The third-order valence-electron chi connectivity index (χ3n) is 4.27. The van der Waals surface area contributed by atoms with Crippen molar-refractivity contribution in [1.82, 2.24) is 5.32 Å². The standard InChI is InChI=1S/C24H17N3O6/c25-15-19(24(29)26-16-22-5-2-12-32-22)13-18-6-9-21(10-7-18)33-23(28)11-8-17-3-1-4-20(14-17)27(30)31/h1-14H,16H2,(H,26,29)/b11-8+,19-13+. The van der Waals surface area contributed by atoms with Crippen molar-refractivity contribution in [3.8, 4) is 11.8 Å². The Morgan fingerprint density at radius 1 is 1.12 bits per heavy atom. The summed E-state index contributed by atoms with van der Waals surface area (Å²) in [4.78, 5) is 34.5. The van der Waals surface area contributed by atoms with E-state index in [0.29, 0.717) is 16.9 Å². The molecule has 0 spiro atoms. The summed E-state index contributed by atoms with van der Waals surface area (Å²) in [6.45, 7) is 0.156. The van der Waals surface area contributed by atoms with Gasteiger partial charge in [-0.15, -0.1) is 0 Å². The molecule has 1 N–H and O–H groups in total. The van der Waals surface area contributed by atoms with Gasteiger partial charge in [-0.25, -0.2) is 4.79 Å². The van der Waals surface area contributed by atoms with Crippen molar-refractivity contribution in [1.29, 1.82) is 5.26 Å². The molecule has 3 rings (SSSR count). The minimum Gasteiger partial charge on any atom is -0.467 e. The predicted octanol–water partition coefficient (Wildman–Crippen LogP) is 4.03. The number of furan rings is 1. The van der Waals surface area contributed by atoms with Crippen LogP contribution in [0.1, 0.15) is 16.9 Å². The number of amides is 1. The molecule has 2 aromatic carbocycles. The normalized spacial score (nSPS) is 11.1. The van der Waals surface area contributed by atoms with Crippen LogP contribution in [0.15, 0.2) is 83.0 Å². The summed E-state index contributed by atoms with van der Waals surface area (Å²) in [5.74, 6) is -0.400. The Bertz CT molecular complexity index is 1250. The molecule has 0 aliphatic heterocycles. The maximum absolute atomic E-state index is 12.2. The van der Waals surface area contributed by atoms with Gasteiger partial charge in [0.1, 0.15) is 23.2 Å². The van der Waals surface area contributed by atoms with Crippen molar-refractivity contribution < 1.29 is 23.7 Å². The first-order valence-electron chi connectivity index (χ1n) is 9.61. The summed E-state index contributed by atoms with van der Waals surface area (Å²) in [6.07, 6.45) is 5.46. The fourth-order valence-electron chi connectivity index (χ4n) is 2.68. The number of nitrogens with one attached hydrogen (secondary N) is 1. The van der Waals surface area contributed by atoms with E-state index < -0.39 is 16.8 Å². The van der Waals surface area contributed by atoms with Gasteiger partial charge in [-0.3, -0.25) is 14.9 Å². The van der Waals surface area contributed by atoms with E-state index in [-0.39, 0.29) is 23.6 Å². The van der Waals surface area contributed by atoms with Crippen LogP contribution in [-0.2, 0) is 16.1 Å². The number of carbonyl (C=O) groups is 2. The number of nitro benzene ring substituents is 1. The number of benzene rings is 2. The lowest BCUT2D eigenvalue weighted by atomic mass is 10.1. The number of ether oxygens (including phenoxy) is 1. The third-order valence-corrected chi connectivity index (χ3v) is 4.27. The lowest BCUT2D eigenvalue weighted by molar-refractivity contribution is -0.384. The van der Waals surface area contributed by atoms with Gasteiger partial charge < -0.3 is 14.5 Å². The number of carbonyl (C=O) groups excluding carboxylic acids is 2. The van der Waals surface area contributed by atoms with Crippen molar-refractivity contribution in [2.45, 2.75) is 6.54 Å². The summed E-state index contributed by atoms with van der Waals surface area (Å²) in [5.41, 5.74) is 0.870. The van der Waals surface area contributed by atoms with Crippen LogP contribution in [0.25, 0.3) is 12.2 Å². The quantitative estimate of drug-likeness (QED) is 0.139. The highest BCUT2D eigenvalue weighted by Gasteiger charge is 2.10. The van der Waals surface area contributed by atoms with Gasteiger partial charge in [0.2, 0.25) is 0 Å². The number of rotatable bonds is 8. The minimum atomic E-state index is -0.667. The first kappa shape index (κ1) is 22.7. The van der Waals surface area contributed by atoms with Crippen molar-refractivity contribution >= 4 is 29.7 Å². The summed E-state index contributed by atoms with van der Waals surface area (Å²) < 4.78 is 10.3. The van der Waals surface area contributed by atoms with E-state index in [4.69, 9.17) is 9.15 Å². The van der Waals surface area contributed by atoms with Gasteiger partial charge in [0.05, 0.1) is 17.7 Å². The molecule has 3 aromatic rings. The Hall–Kier alpha value is -4.97. The molecule has 1 heterocycles. The fourth-order valence-corrected chi connectivity index (χ4v) is 2.68. The smallest absolute Gasteiger partial charge is 0.336 e. The Morgan fingerprint density at radius 3 is 2.58 bits per heavy atom. The second-order valence-corrected chi connectivity index (χ2v) is 6.61. The van der Waals surface area contributed by atoms with Gasteiger partial charge in [0.25, 0.3) is 11.6 Å². The molecule has 0 aliphatic carbocycles. The van der Waals surface area contributed by atoms with Crippen molar-refractivity contribution in [2.24, 2.45) is 0 Å². The van der Waals surface area contributed by atoms with Crippen LogP contribution in [0.2, 0.25) is 0 Å². The number of nitriles is 1. The molecule has 1 aromatic heterocycles. The Labute approximate surface area is 188 Å². The monoisotopic (exact) mass is 443 g/mol. The second-order valence-electron chi connectivity index (χ2n) is 6.61. The van der Waals surface area contributed by atoms with E-state index in [1.807, 2.05) is 6.07 Å². The fraction of sp³-hybridized carbons (Fsp3) is 0.0417. The van der Waals surface area contributed by atoms with Crippen LogP contribution in [0.5, 0.6) is 5.75 Å². The summed E-state index contributed by atoms with van der Waals surface area (Å²) in [6, 6.07) is 17.3. The highest BCUT2D eigenvalue weighted by atomic mass is 16.6. The van der Waals surface area contributed by atoms with Gasteiger partial charge in [-0.2, -0.15) is 5.26 Å². The maximum atomic E-state index is 12.2. The van der Waals surface area contributed by atoms with Gasteiger partial charge in [0.15, 0.2) is 0 Å². The van der Waals surface area contributed by atoms with E-state index in [9.17, 15) is 25.0 Å². The SMILES string of the molecule is N#C/C(=C\c1ccc(OC(=O)/C=C/c2cccc([N+](=O)[O-])c2)cc1)C(=O)NCc1ccco1. The molecular weight excluding hydrogens is 426 g/mol. The van der Waals surface area contributed by atoms with E-state index in [2.05, 4.69) is 5.32 Å². The first-order valence-corrected chi connectivity index (χ1v) is 9.61. The number of hydrogen-bond acceptors (Lipinski definition) is 7. The van der Waals surface area contributed by atoms with Crippen LogP contribution in [-0.4, -0.2) is 16.8 Å². The zero-order valence-electron chi connectivity index (χ0n) is 17.1. The van der Waals surface area contributed by atoms with E-state index >= 15 is 0 Å². The van der Waals surface area contributed by atoms with Crippen LogP contribution in [0.3, 0.4) is 0 Å². The van der Waals surface area contributed by atoms with Gasteiger partial charge >= 0.3 is 5.97 Å². The van der Waals surface area contributed by atoms with Crippen LogP contribution < -0.4 is 10.1 Å². The van der Waals surface area contributed by atoms with E-state index in [1.165, 1.54) is 48.7 Å². The van der Waals surface area contributed by atoms with Crippen molar-refractivity contribution in [2.75, 3.05) is 0 Å². The summed E-state index contributed by atoms with van der Waals surface area (Å²) >= 11 is 0.